The summed E-state index contributed by atoms with van der Waals surface area (Å²) in [6.45, 7) is 1.57. The van der Waals surface area contributed by atoms with Crippen LogP contribution in [0.4, 0.5) is 0 Å². The maximum Gasteiger partial charge on any atom is 0.273 e. The van der Waals surface area contributed by atoms with Crippen molar-refractivity contribution in [1.29, 1.82) is 0 Å². The molecule has 6 heteroatoms. The Kier molecular flexibility index (Phi) is 3.69. The highest BCUT2D eigenvalue weighted by Crippen LogP contribution is 2.18. The summed E-state index contributed by atoms with van der Waals surface area (Å²) in [7, 11) is 0. The Morgan fingerprint density at radius 1 is 1.50 bits per heavy atom. The third kappa shape index (κ3) is 2.72. The fraction of sp³-hybridized carbons (Fsp3) is 0.250. The average molecular weight is 247 g/mol. The molecule has 2 heterocycles. The molecular weight excluding hydrogens is 234 g/mol. The minimum atomic E-state index is -0.374. The molecule has 0 saturated heterocycles. The molecule has 0 radical (unpaired) electrons. The van der Waals surface area contributed by atoms with Crippen LogP contribution in [0.3, 0.4) is 0 Å². The Hall–Kier alpha value is -2.21. The van der Waals surface area contributed by atoms with Gasteiger partial charge in [0.2, 0.25) is 0 Å². The van der Waals surface area contributed by atoms with Gasteiger partial charge in [0.1, 0.15) is 0 Å². The van der Waals surface area contributed by atoms with Gasteiger partial charge < -0.3 is 14.9 Å². The van der Waals surface area contributed by atoms with E-state index in [1.165, 1.54) is 0 Å². The van der Waals surface area contributed by atoms with Crippen LogP contribution in [0.2, 0.25) is 0 Å². The first-order valence-electron chi connectivity index (χ1n) is 5.49. The molecule has 2 aromatic heterocycles. The van der Waals surface area contributed by atoms with Crippen molar-refractivity contribution in [2.24, 2.45) is 0 Å². The lowest BCUT2D eigenvalue weighted by atomic mass is 10.2. The molecule has 2 N–H and O–H groups in total. The summed E-state index contributed by atoms with van der Waals surface area (Å²) in [6.07, 6.45) is 3.26. The van der Waals surface area contributed by atoms with E-state index in [-0.39, 0.29) is 24.2 Å². The van der Waals surface area contributed by atoms with Crippen LogP contribution in [0.15, 0.2) is 35.1 Å². The number of hydrogen-bond acceptors (Lipinski definition) is 5. The van der Waals surface area contributed by atoms with Crippen molar-refractivity contribution in [1.82, 2.24) is 15.5 Å². The van der Waals surface area contributed by atoms with E-state index in [1.807, 2.05) is 0 Å². The predicted octanol–water partition coefficient (Wildman–Crippen LogP) is 0.847. The summed E-state index contributed by atoms with van der Waals surface area (Å²) in [6, 6.07) is 4.75. The molecule has 0 saturated carbocycles. The molecule has 0 aromatic carbocycles. The van der Waals surface area contributed by atoms with E-state index in [0.29, 0.717) is 5.76 Å². The number of aliphatic hydroxyl groups is 1. The maximum atomic E-state index is 11.7. The van der Waals surface area contributed by atoms with E-state index in [9.17, 15) is 4.79 Å². The second kappa shape index (κ2) is 5.42. The number of rotatable bonds is 4. The Labute approximate surface area is 104 Å². The predicted molar refractivity (Wildman–Crippen MR) is 63.7 cm³/mol. The molecule has 0 spiro atoms. The number of aromatic nitrogens is 2. The Morgan fingerprint density at radius 2 is 2.22 bits per heavy atom. The van der Waals surface area contributed by atoms with Crippen LogP contribution in [-0.2, 0) is 0 Å². The zero-order valence-electron chi connectivity index (χ0n) is 9.83. The molecule has 0 bridgehead atoms. The fourth-order valence-electron chi connectivity index (χ4n) is 1.38. The molecule has 0 aliphatic rings. The molecule has 1 unspecified atom stereocenters. The lowest BCUT2D eigenvalue weighted by molar-refractivity contribution is 0.0913. The van der Waals surface area contributed by atoms with Crippen LogP contribution in [0, 0.1) is 0 Å². The first-order valence-corrected chi connectivity index (χ1v) is 5.49. The van der Waals surface area contributed by atoms with Crippen LogP contribution in [0.1, 0.15) is 17.4 Å². The lowest BCUT2D eigenvalue weighted by Gasteiger charge is -2.07. The molecule has 0 fully saturated rings. The zero-order chi connectivity index (χ0) is 13.0. The second-order valence-corrected chi connectivity index (χ2v) is 3.87. The molecule has 0 aliphatic carbocycles. The highest BCUT2D eigenvalue weighted by molar-refractivity contribution is 5.93. The lowest BCUT2D eigenvalue weighted by Crippen LogP contribution is -2.35. The third-order valence-corrected chi connectivity index (χ3v) is 2.36. The maximum absolute atomic E-state index is 11.7. The van der Waals surface area contributed by atoms with Crippen LogP contribution in [0.5, 0.6) is 0 Å². The fourth-order valence-corrected chi connectivity index (χ4v) is 1.38. The summed E-state index contributed by atoms with van der Waals surface area (Å²) in [4.78, 5) is 15.6. The van der Waals surface area contributed by atoms with Crippen molar-refractivity contribution >= 4 is 5.91 Å². The topological polar surface area (TPSA) is 88.2 Å². The molecule has 6 nitrogen and oxygen atoms in total. The Bertz CT molecular complexity index is 524. The van der Waals surface area contributed by atoms with Gasteiger partial charge in [-0.3, -0.25) is 9.78 Å². The van der Waals surface area contributed by atoms with Gasteiger partial charge in [0, 0.05) is 30.1 Å². The van der Waals surface area contributed by atoms with Crippen molar-refractivity contribution in [3.8, 4) is 11.3 Å². The summed E-state index contributed by atoms with van der Waals surface area (Å²) >= 11 is 0. The largest absolute Gasteiger partial charge is 0.394 e. The van der Waals surface area contributed by atoms with Gasteiger partial charge in [0.05, 0.1) is 6.61 Å². The van der Waals surface area contributed by atoms with Crippen molar-refractivity contribution in [2.75, 3.05) is 6.61 Å². The number of hydrogen-bond donors (Lipinski definition) is 2. The van der Waals surface area contributed by atoms with Crippen molar-refractivity contribution in [3.05, 3.63) is 36.3 Å². The number of nitrogens with one attached hydrogen (secondary N) is 1. The Morgan fingerprint density at radius 3 is 2.89 bits per heavy atom. The van der Waals surface area contributed by atoms with E-state index in [2.05, 4.69) is 15.5 Å². The van der Waals surface area contributed by atoms with Gasteiger partial charge >= 0.3 is 0 Å². The highest BCUT2D eigenvalue weighted by Gasteiger charge is 2.15. The number of amides is 1. The molecule has 18 heavy (non-hydrogen) atoms. The molecule has 0 aliphatic heterocycles. The Balaban J connectivity index is 2.13. The molecule has 94 valence electrons. The zero-order valence-corrected chi connectivity index (χ0v) is 9.83. The van der Waals surface area contributed by atoms with E-state index in [1.54, 1.807) is 37.5 Å². The van der Waals surface area contributed by atoms with Crippen molar-refractivity contribution in [3.63, 3.8) is 0 Å². The monoisotopic (exact) mass is 247 g/mol. The smallest absolute Gasteiger partial charge is 0.273 e. The molecule has 1 atom stereocenters. The van der Waals surface area contributed by atoms with E-state index < -0.39 is 0 Å². The minimum absolute atomic E-state index is 0.124. The minimum Gasteiger partial charge on any atom is -0.394 e. The van der Waals surface area contributed by atoms with Gasteiger partial charge in [0.25, 0.3) is 5.91 Å². The average Bonchev–Trinajstić information content (AvgIpc) is 2.89. The number of carbonyl (C=O) groups is 1. The first-order chi connectivity index (χ1) is 8.70. The van der Waals surface area contributed by atoms with Gasteiger partial charge in [-0.25, -0.2) is 0 Å². The van der Waals surface area contributed by atoms with Gasteiger partial charge in [-0.15, -0.1) is 0 Å². The molecule has 2 aromatic rings. The summed E-state index contributed by atoms with van der Waals surface area (Å²) in [5.41, 5.74) is 0.980. The van der Waals surface area contributed by atoms with Gasteiger partial charge in [-0.05, 0) is 19.1 Å². The number of nitrogens with zero attached hydrogens (tertiary/aromatic N) is 2. The SMILES string of the molecule is CC(CO)NC(=O)c1cc(-c2ccncc2)on1. The van der Waals surface area contributed by atoms with E-state index in [4.69, 9.17) is 9.63 Å². The van der Waals surface area contributed by atoms with Crippen LogP contribution in [-0.4, -0.2) is 33.8 Å². The molecule has 1 amide bonds. The van der Waals surface area contributed by atoms with Crippen molar-refractivity contribution in [2.45, 2.75) is 13.0 Å². The van der Waals surface area contributed by atoms with Crippen LogP contribution < -0.4 is 5.32 Å². The van der Waals surface area contributed by atoms with Gasteiger partial charge in [-0.1, -0.05) is 5.16 Å². The van der Waals surface area contributed by atoms with Crippen LogP contribution in [0.25, 0.3) is 11.3 Å². The summed E-state index contributed by atoms with van der Waals surface area (Å²) < 4.78 is 5.09. The number of pyridine rings is 1. The van der Waals surface area contributed by atoms with Gasteiger partial charge in [0.15, 0.2) is 11.5 Å². The van der Waals surface area contributed by atoms with E-state index >= 15 is 0 Å². The quantitative estimate of drug-likeness (QED) is 0.836. The highest BCUT2D eigenvalue weighted by atomic mass is 16.5. The number of carbonyl (C=O) groups excluding carboxylic acids is 1. The van der Waals surface area contributed by atoms with Crippen LogP contribution >= 0.6 is 0 Å². The molecular formula is C12H13N3O3. The summed E-state index contributed by atoms with van der Waals surface area (Å²) in [5.74, 6) is 0.125. The third-order valence-electron chi connectivity index (χ3n) is 2.36. The van der Waals surface area contributed by atoms with E-state index in [0.717, 1.165) is 5.56 Å². The molecule has 2 rings (SSSR count). The number of aliphatic hydroxyl groups excluding tert-OH is 1. The summed E-state index contributed by atoms with van der Waals surface area (Å²) in [5, 5.41) is 15.1. The standard InChI is InChI=1S/C12H13N3O3/c1-8(7-16)14-12(17)10-6-11(18-15-10)9-2-4-13-5-3-9/h2-6,8,16H,7H2,1H3,(H,14,17). The van der Waals surface area contributed by atoms with Gasteiger partial charge in [-0.2, -0.15) is 0 Å². The van der Waals surface area contributed by atoms with Crippen molar-refractivity contribution < 1.29 is 14.4 Å². The first kappa shape index (κ1) is 12.3. The normalized spacial score (nSPS) is 12.1. The second-order valence-electron chi connectivity index (χ2n) is 3.87.